The zero-order valence-electron chi connectivity index (χ0n) is 12.8. The van der Waals surface area contributed by atoms with Crippen LogP contribution in [0.25, 0.3) is 0 Å². The third kappa shape index (κ3) is 4.84. The number of nitrogens with one attached hydrogen (secondary N) is 1. The van der Waals surface area contributed by atoms with Gasteiger partial charge >= 0.3 is 0 Å². The van der Waals surface area contributed by atoms with Gasteiger partial charge in [0, 0.05) is 24.9 Å². The maximum atomic E-state index is 12.2. The predicted octanol–water partition coefficient (Wildman–Crippen LogP) is 2.79. The number of carbonyl (C=O) groups is 2. The van der Waals surface area contributed by atoms with E-state index in [2.05, 4.69) is 5.32 Å². The quantitative estimate of drug-likeness (QED) is 0.880. The van der Waals surface area contributed by atoms with E-state index in [0.29, 0.717) is 16.5 Å². The molecule has 1 aromatic carbocycles. The zero-order chi connectivity index (χ0) is 16.8. The van der Waals surface area contributed by atoms with E-state index in [9.17, 15) is 9.59 Å². The molecule has 7 heteroatoms. The normalized spacial score (nSPS) is 10.4. The van der Waals surface area contributed by atoms with Gasteiger partial charge in [-0.3, -0.25) is 9.59 Å². The molecule has 122 valence electrons. The number of likely N-dealkylation sites (N-methyl/N-ethyl adjacent to an activating group) is 1. The summed E-state index contributed by atoms with van der Waals surface area (Å²) in [6.45, 7) is 0.178. The van der Waals surface area contributed by atoms with Crippen LogP contribution < -0.4 is 5.32 Å². The van der Waals surface area contributed by atoms with Crippen LogP contribution in [0.3, 0.4) is 0 Å². The highest BCUT2D eigenvalue weighted by molar-refractivity contribution is 6.30. The highest BCUT2D eigenvalue weighted by Crippen LogP contribution is 2.15. The smallest absolute Gasteiger partial charge is 0.289 e. The zero-order valence-corrected chi connectivity index (χ0v) is 13.6. The van der Waals surface area contributed by atoms with Crippen LogP contribution in [0, 0.1) is 0 Å². The average Bonchev–Trinajstić information content (AvgIpc) is 2.95. The fourth-order valence-electron chi connectivity index (χ4n) is 1.95. The number of ether oxygens (including phenoxy) is 1. The van der Waals surface area contributed by atoms with Crippen molar-refractivity contribution in [3.8, 4) is 0 Å². The van der Waals surface area contributed by atoms with Crippen molar-refractivity contribution in [2.24, 2.45) is 0 Å². The molecular formula is C16H17ClN2O4. The topological polar surface area (TPSA) is 71.8 Å². The molecule has 0 saturated heterocycles. The number of rotatable bonds is 6. The molecule has 6 nitrogen and oxygen atoms in total. The van der Waals surface area contributed by atoms with Gasteiger partial charge in [-0.15, -0.1) is 0 Å². The lowest BCUT2D eigenvalue weighted by Crippen LogP contribution is -2.34. The van der Waals surface area contributed by atoms with Gasteiger partial charge in [0.1, 0.15) is 12.4 Å². The minimum absolute atomic E-state index is 0.105. The van der Waals surface area contributed by atoms with Gasteiger partial charge in [-0.1, -0.05) is 17.7 Å². The average molecular weight is 337 g/mol. The van der Waals surface area contributed by atoms with Gasteiger partial charge in [0.25, 0.3) is 5.91 Å². The van der Waals surface area contributed by atoms with Crippen LogP contribution in [0.1, 0.15) is 16.3 Å². The van der Waals surface area contributed by atoms with Crippen LogP contribution in [-0.4, -0.2) is 37.4 Å². The second-order valence-electron chi connectivity index (χ2n) is 4.92. The molecule has 0 radical (unpaired) electrons. The highest BCUT2D eigenvalue weighted by Gasteiger charge is 2.18. The van der Waals surface area contributed by atoms with Crippen molar-refractivity contribution < 1.29 is 18.7 Å². The van der Waals surface area contributed by atoms with Crippen LogP contribution in [0.15, 0.2) is 40.8 Å². The monoisotopic (exact) mass is 336 g/mol. The lowest BCUT2D eigenvalue weighted by atomic mass is 10.3. The van der Waals surface area contributed by atoms with E-state index in [1.807, 2.05) is 0 Å². The van der Waals surface area contributed by atoms with E-state index in [-0.39, 0.29) is 30.7 Å². The van der Waals surface area contributed by atoms with E-state index in [0.717, 1.165) is 0 Å². The van der Waals surface area contributed by atoms with Crippen molar-refractivity contribution >= 4 is 29.1 Å². The molecular weight excluding hydrogens is 320 g/mol. The summed E-state index contributed by atoms with van der Waals surface area (Å²) in [5, 5.41) is 3.20. The molecule has 0 aliphatic rings. The molecule has 2 aromatic rings. The molecule has 0 aliphatic heterocycles. The molecule has 1 aromatic heterocycles. The van der Waals surface area contributed by atoms with E-state index >= 15 is 0 Å². The maximum Gasteiger partial charge on any atom is 0.289 e. The van der Waals surface area contributed by atoms with Gasteiger partial charge in [-0.25, -0.2) is 0 Å². The number of amides is 2. The van der Waals surface area contributed by atoms with Gasteiger partial charge in [0.15, 0.2) is 5.76 Å². The summed E-state index contributed by atoms with van der Waals surface area (Å²) < 4.78 is 10.3. The van der Waals surface area contributed by atoms with Crippen molar-refractivity contribution in [3.63, 3.8) is 0 Å². The molecule has 0 bridgehead atoms. The first-order valence-corrected chi connectivity index (χ1v) is 7.26. The van der Waals surface area contributed by atoms with Crippen molar-refractivity contribution in [1.82, 2.24) is 4.90 Å². The Hall–Kier alpha value is -2.31. The highest BCUT2D eigenvalue weighted by atomic mass is 35.5. The standard InChI is InChI=1S/C16H17ClN2O4/c1-19(16(21)14-7-6-13(23-14)10-22-2)9-15(20)18-12-5-3-4-11(17)8-12/h3-8H,9-10H2,1-2H3,(H,18,20). The molecule has 0 aliphatic carbocycles. The lowest BCUT2D eigenvalue weighted by molar-refractivity contribution is -0.116. The summed E-state index contributed by atoms with van der Waals surface area (Å²) in [6.07, 6.45) is 0. The third-order valence-corrected chi connectivity index (χ3v) is 3.23. The summed E-state index contributed by atoms with van der Waals surface area (Å²) in [4.78, 5) is 25.4. The number of halogens is 1. The van der Waals surface area contributed by atoms with Crippen molar-refractivity contribution in [3.05, 3.63) is 52.9 Å². The number of hydrogen-bond donors (Lipinski definition) is 1. The van der Waals surface area contributed by atoms with Crippen LogP contribution in [0.2, 0.25) is 5.02 Å². The number of nitrogens with zero attached hydrogens (tertiary/aromatic N) is 1. The predicted molar refractivity (Wildman–Crippen MR) is 86.5 cm³/mol. The number of anilines is 1. The molecule has 1 heterocycles. The largest absolute Gasteiger partial charge is 0.453 e. The second-order valence-corrected chi connectivity index (χ2v) is 5.36. The summed E-state index contributed by atoms with van der Waals surface area (Å²) >= 11 is 5.85. The summed E-state index contributed by atoms with van der Waals surface area (Å²) in [5.41, 5.74) is 0.573. The Morgan fingerprint density at radius 3 is 2.78 bits per heavy atom. The number of benzene rings is 1. The number of hydrogen-bond acceptors (Lipinski definition) is 4. The maximum absolute atomic E-state index is 12.2. The van der Waals surface area contributed by atoms with Gasteiger partial charge in [0.05, 0.1) is 6.54 Å². The molecule has 0 saturated carbocycles. The van der Waals surface area contributed by atoms with E-state index < -0.39 is 0 Å². The van der Waals surface area contributed by atoms with E-state index in [4.69, 9.17) is 20.8 Å². The number of carbonyl (C=O) groups excluding carboxylic acids is 2. The first-order chi connectivity index (χ1) is 11.0. The van der Waals surface area contributed by atoms with Crippen molar-refractivity contribution in [1.29, 1.82) is 0 Å². The van der Waals surface area contributed by atoms with E-state index in [1.54, 1.807) is 36.4 Å². The Balaban J connectivity index is 1.93. The number of methoxy groups -OCH3 is 1. The molecule has 0 unspecified atom stereocenters. The summed E-state index contributed by atoms with van der Waals surface area (Å²) in [7, 11) is 3.06. The third-order valence-electron chi connectivity index (χ3n) is 2.99. The first kappa shape index (κ1) is 17.1. The van der Waals surface area contributed by atoms with Gasteiger partial charge < -0.3 is 19.4 Å². The Bertz CT molecular complexity index is 699. The molecule has 0 atom stereocenters. The first-order valence-electron chi connectivity index (χ1n) is 6.88. The SMILES string of the molecule is COCc1ccc(C(=O)N(C)CC(=O)Nc2cccc(Cl)c2)o1. The summed E-state index contributed by atoms with van der Waals surface area (Å²) in [5.74, 6) is 0.00289. The Kier molecular flexibility index (Phi) is 5.78. The summed E-state index contributed by atoms with van der Waals surface area (Å²) in [6, 6.07) is 10.0. The fourth-order valence-corrected chi connectivity index (χ4v) is 2.15. The molecule has 0 fully saturated rings. The molecule has 2 amide bonds. The second kappa shape index (κ2) is 7.80. The van der Waals surface area contributed by atoms with Gasteiger partial charge in [-0.2, -0.15) is 0 Å². The minimum atomic E-state index is -0.381. The van der Waals surface area contributed by atoms with Crippen LogP contribution in [0.5, 0.6) is 0 Å². The fraction of sp³-hybridized carbons (Fsp3) is 0.250. The minimum Gasteiger partial charge on any atom is -0.453 e. The van der Waals surface area contributed by atoms with Gasteiger partial charge in [-0.05, 0) is 30.3 Å². The Morgan fingerprint density at radius 1 is 1.30 bits per heavy atom. The molecule has 1 N–H and O–H groups in total. The van der Waals surface area contributed by atoms with Crippen LogP contribution in [-0.2, 0) is 16.1 Å². The Morgan fingerprint density at radius 2 is 2.09 bits per heavy atom. The molecule has 2 rings (SSSR count). The lowest BCUT2D eigenvalue weighted by Gasteiger charge is -2.15. The Labute approximate surface area is 139 Å². The van der Waals surface area contributed by atoms with Crippen LogP contribution >= 0.6 is 11.6 Å². The van der Waals surface area contributed by atoms with Crippen molar-refractivity contribution in [2.45, 2.75) is 6.61 Å². The molecule has 0 spiro atoms. The van der Waals surface area contributed by atoms with Gasteiger partial charge in [0.2, 0.25) is 5.91 Å². The van der Waals surface area contributed by atoms with Crippen LogP contribution in [0.4, 0.5) is 5.69 Å². The van der Waals surface area contributed by atoms with E-state index in [1.165, 1.54) is 19.1 Å². The molecule has 23 heavy (non-hydrogen) atoms. The number of furan rings is 1. The van der Waals surface area contributed by atoms with Crippen molar-refractivity contribution in [2.75, 3.05) is 26.0 Å².